The number of rotatable bonds is 10. The molecular formula is C26H34N4O4. The van der Waals surface area contributed by atoms with E-state index < -0.39 is 23.4 Å². The number of imide groups is 1. The second kappa shape index (κ2) is 10.7. The second-order valence-corrected chi connectivity index (χ2v) is 8.63. The summed E-state index contributed by atoms with van der Waals surface area (Å²) in [6.07, 6.45) is 0. The molecule has 0 bridgehead atoms. The molecule has 8 heteroatoms. The minimum Gasteiger partial charge on any atom is -0.497 e. The molecule has 0 spiro atoms. The van der Waals surface area contributed by atoms with Gasteiger partial charge in [0.1, 0.15) is 17.8 Å². The van der Waals surface area contributed by atoms with Crippen LogP contribution in [0.3, 0.4) is 0 Å². The quantitative estimate of drug-likeness (QED) is 0.526. The molecule has 3 rings (SSSR count). The van der Waals surface area contributed by atoms with Gasteiger partial charge in [-0.1, -0.05) is 55.8 Å². The van der Waals surface area contributed by atoms with Gasteiger partial charge >= 0.3 is 6.03 Å². The van der Waals surface area contributed by atoms with Gasteiger partial charge in [-0.2, -0.15) is 0 Å². The first-order valence-electron chi connectivity index (χ1n) is 11.6. The van der Waals surface area contributed by atoms with Crippen molar-refractivity contribution in [2.24, 2.45) is 0 Å². The predicted octanol–water partition coefficient (Wildman–Crippen LogP) is 2.97. The molecule has 8 nitrogen and oxygen atoms in total. The molecule has 1 aliphatic rings. The molecule has 1 saturated heterocycles. The predicted molar refractivity (Wildman–Crippen MR) is 130 cm³/mol. The fourth-order valence-electron chi connectivity index (χ4n) is 4.30. The van der Waals surface area contributed by atoms with E-state index in [0.717, 1.165) is 34.9 Å². The van der Waals surface area contributed by atoms with E-state index in [0.29, 0.717) is 12.1 Å². The van der Waals surface area contributed by atoms with Crippen molar-refractivity contribution in [1.29, 1.82) is 0 Å². The second-order valence-electron chi connectivity index (χ2n) is 8.63. The molecule has 2 aromatic carbocycles. The monoisotopic (exact) mass is 466 g/mol. The maximum absolute atomic E-state index is 13.1. The Morgan fingerprint density at radius 3 is 2.44 bits per heavy atom. The smallest absolute Gasteiger partial charge is 0.325 e. The fraction of sp³-hybridized carbons (Fsp3) is 0.423. The van der Waals surface area contributed by atoms with Crippen LogP contribution in [0.4, 0.5) is 4.79 Å². The number of likely N-dealkylation sites (N-methyl/N-ethyl adjacent to an activating group) is 1. The number of nitrogens with one attached hydrogen (secondary N) is 2. The molecule has 0 saturated carbocycles. The first-order chi connectivity index (χ1) is 16.2. The lowest BCUT2D eigenvalue weighted by molar-refractivity contribution is -0.134. The molecule has 2 atom stereocenters. The number of hydrogen-bond donors (Lipinski definition) is 2. The topological polar surface area (TPSA) is 91.0 Å². The summed E-state index contributed by atoms with van der Waals surface area (Å²) in [7, 11) is 1.62. The summed E-state index contributed by atoms with van der Waals surface area (Å²) in [4.78, 5) is 41.8. The largest absolute Gasteiger partial charge is 0.497 e. The Morgan fingerprint density at radius 2 is 1.82 bits per heavy atom. The fourth-order valence-corrected chi connectivity index (χ4v) is 4.30. The molecule has 0 radical (unpaired) electrons. The van der Waals surface area contributed by atoms with Crippen molar-refractivity contribution in [2.75, 3.05) is 33.3 Å². The average Bonchev–Trinajstić information content (AvgIpc) is 3.05. The van der Waals surface area contributed by atoms with Gasteiger partial charge in [-0.05, 0) is 50.2 Å². The SMILES string of the molecule is CCN(CC)C(CNC(=O)CN1C(=O)NC(C)(c2ccc(C)cc2)C1=O)c1cccc(OC)c1. The van der Waals surface area contributed by atoms with Gasteiger partial charge in [-0.3, -0.25) is 19.4 Å². The zero-order valence-corrected chi connectivity index (χ0v) is 20.6. The van der Waals surface area contributed by atoms with Gasteiger partial charge in [-0.25, -0.2) is 4.79 Å². The highest BCUT2D eigenvalue weighted by Crippen LogP contribution is 2.29. The van der Waals surface area contributed by atoms with E-state index in [-0.39, 0.29) is 12.6 Å². The van der Waals surface area contributed by atoms with Crippen molar-refractivity contribution in [3.05, 3.63) is 65.2 Å². The van der Waals surface area contributed by atoms with E-state index in [2.05, 4.69) is 29.4 Å². The molecule has 2 aromatic rings. The van der Waals surface area contributed by atoms with Crippen LogP contribution in [0.15, 0.2) is 48.5 Å². The summed E-state index contributed by atoms with van der Waals surface area (Å²) in [5, 5.41) is 5.66. The Hall–Kier alpha value is -3.39. The molecular weight excluding hydrogens is 432 g/mol. The van der Waals surface area contributed by atoms with Crippen LogP contribution in [0.1, 0.15) is 43.5 Å². The van der Waals surface area contributed by atoms with E-state index in [1.165, 1.54) is 0 Å². The highest BCUT2D eigenvalue weighted by molar-refractivity contribution is 6.09. The molecule has 1 fully saturated rings. The lowest BCUT2D eigenvalue weighted by Crippen LogP contribution is -2.45. The number of hydrogen-bond acceptors (Lipinski definition) is 5. The van der Waals surface area contributed by atoms with E-state index in [1.807, 2.05) is 55.5 Å². The van der Waals surface area contributed by atoms with Crippen molar-refractivity contribution < 1.29 is 19.1 Å². The van der Waals surface area contributed by atoms with Crippen LogP contribution in [0.2, 0.25) is 0 Å². The van der Waals surface area contributed by atoms with Crippen molar-refractivity contribution in [2.45, 2.75) is 39.3 Å². The van der Waals surface area contributed by atoms with Crippen molar-refractivity contribution in [1.82, 2.24) is 20.4 Å². The van der Waals surface area contributed by atoms with Gasteiger partial charge in [0.25, 0.3) is 5.91 Å². The molecule has 1 aliphatic heterocycles. The van der Waals surface area contributed by atoms with Crippen LogP contribution in [0.5, 0.6) is 5.75 Å². The van der Waals surface area contributed by atoms with Crippen molar-refractivity contribution >= 4 is 17.8 Å². The molecule has 2 unspecified atom stereocenters. The normalized spacial score (nSPS) is 18.7. The minimum atomic E-state index is -1.20. The summed E-state index contributed by atoms with van der Waals surface area (Å²) >= 11 is 0. The number of urea groups is 1. The zero-order valence-electron chi connectivity index (χ0n) is 20.6. The zero-order chi connectivity index (χ0) is 24.9. The number of carbonyl (C=O) groups is 3. The molecule has 0 aromatic heterocycles. The summed E-state index contributed by atoms with van der Waals surface area (Å²) in [6.45, 7) is 9.35. The number of benzene rings is 2. The van der Waals surface area contributed by atoms with E-state index in [4.69, 9.17) is 4.74 Å². The summed E-state index contributed by atoms with van der Waals surface area (Å²) < 4.78 is 5.36. The number of carbonyl (C=O) groups excluding carboxylic acids is 3. The van der Waals surface area contributed by atoms with Gasteiger partial charge in [0, 0.05) is 6.54 Å². The van der Waals surface area contributed by atoms with Crippen LogP contribution < -0.4 is 15.4 Å². The van der Waals surface area contributed by atoms with Crippen molar-refractivity contribution in [3.63, 3.8) is 0 Å². The number of methoxy groups -OCH3 is 1. The van der Waals surface area contributed by atoms with E-state index >= 15 is 0 Å². The van der Waals surface area contributed by atoms with Crippen LogP contribution in [0, 0.1) is 6.92 Å². The lowest BCUT2D eigenvalue weighted by Gasteiger charge is -2.30. The maximum Gasteiger partial charge on any atom is 0.325 e. The summed E-state index contributed by atoms with van der Waals surface area (Å²) in [6, 6.07) is 14.5. The molecule has 0 aliphatic carbocycles. The van der Waals surface area contributed by atoms with Crippen LogP contribution in [0.25, 0.3) is 0 Å². The van der Waals surface area contributed by atoms with E-state index in [1.54, 1.807) is 14.0 Å². The van der Waals surface area contributed by atoms with Gasteiger partial charge in [0.05, 0.1) is 13.2 Å². The third-order valence-corrected chi connectivity index (χ3v) is 6.43. The van der Waals surface area contributed by atoms with Gasteiger partial charge in [0.2, 0.25) is 5.91 Å². The molecule has 4 amide bonds. The van der Waals surface area contributed by atoms with Crippen LogP contribution >= 0.6 is 0 Å². The summed E-state index contributed by atoms with van der Waals surface area (Å²) in [5.41, 5.74) is 1.55. The third kappa shape index (κ3) is 5.22. The Morgan fingerprint density at radius 1 is 1.15 bits per heavy atom. The first-order valence-corrected chi connectivity index (χ1v) is 11.6. The number of aryl methyl sites for hydroxylation is 1. The molecule has 1 heterocycles. The maximum atomic E-state index is 13.1. The average molecular weight is 467 g/mol. The van der Waals surface area contributed by atoms with Gasteiger partial charge in [0.15, 0.2) is 0 Å². The van der Waals surface area contributed by atoms with E-state index in [9.17, 15) is 14.4 Å². The Labute approximate surface area is 201 Å². The Bertz CT molecular complexity index is 1040. The van der Waals surface area contributed by atoms with Gasteiger partial charge < -0.3 is 15.4 Å². The number of ether oxygens (including phenoxy) is 1. The van der Waals surface area contributed by atoms with Crippen molar-refractivity contribution in [3.8, 4) is 5.75 Å². The highest BCUT2D eigenvalue weighted by atomic mass is 16.5. The van der Waals surface area contributed by atoms with Gasteiger partial charge in [-0.15, -0.1) is 0 Å². The lowest BCUT2D eigenvalue weighted by atomic mass is 9.91. The Balaban J connectivity index is 1.70. The number of nitrogens with zero attached hydrogens (tertiary/aromatic N) is 2. The summed E-state index contributed by atoms with van der Waals surface area (Å²) in [5.74, 6) is -0.0861. The minimum absolute atomic E-state index is 0.0741. The molecule has 2 N–H and O–H groups in total. The highest BCUT2D eigenvalue weighted by Gasteiger charge is 2.49. The number of amides is 4. The Kier molecular flexibility index (Phi) is 7.94. The van der Waals surface area contributed by atoms with Crippen LogP contribution in [-0.2, 0) is 15.1 Å². The molecule has 182 valence electrons. The standard InChI is InChI=1S/C26H34N4O4/c1-6-29(7-2)22(19-9-8-10-21(15-19)34-5)16-27-23(31)17-30-24(32)26(4,28-25(30)33)20-13-11-18(3)12-14-20/h8-15,22H,6-7,16-17H2,1-5H3,(H,27,31)(H,28,33). The molecule has 34 heavy (non-hydrogen) atoms. The first kappa shape index (κ1) is 25.2. The van der Waals surface area contributed by atoms with Crippen LogP contribution in [-0.4, -0.2) is 60.9 Å². The third-order valence-electron chi connectivity index (χ3n) is 6.43.